The zero-order valence-electron chi connectivity index (χ0n) is 8.88. The van der Waals surface area contributed by atoms with E-state index >= 15 is 0 Å². The van der Waals surface area contributed by atoms with E-state index in [1.165, 1.54) is 5.56 Å². The zero-order valence-corrected chi connectivity index (χ0v) is 10.4. The van der Waals surface area contributed by atoms with Crippen molar-refractivity contribution in [3.8, 4) is 0 Å². The number of aliphatic hydroxyl groups is 1. The predicted octanol–water partition coefficient (Wildman–Crippen LogP) is 1.33. The SMILES string of the molecule is CS(=O)(=O)O.OCC(Cl)Cc1ccccc1. The fourth-order valence-electron chi connectivity index (χ4n) is 0.934. The summed E-state index contributed by atoms with van der Waals surface area (Å²) in [5, 5.41) is 8.51. The summed E-state index contributed by atoms with van der Waals surface area (Å²) < 4.78 is 25.9. The molecule has 2 N–H and O–H groups in total. The van der Waals surface area contributed by atoms with E-state index in [1.54, 1.807) is 0 Å². The van der Waals surface area contributed by atoms with Gasteiger partial charge in [-0.3, -0.25) is 4.55 Å². The first-order chi connectivity index (χ1) is 7.33. The third kappa shape index (κ3) is 11.5. The first-order valence-corrected chi connectivity index (χ1v) is 6.82. The molecule has 0 radical (unpaired) electrons. The smallest absolute Gasteiger partial charge is 0.261 e. The summed E-state index contributed by atoms with van der Waals surface area (Å²) in [6, 6.07) is 9.91. The molecule has 1 aromatic carbocycles. The lowest BCUT2D eigenvalue weighted by atomic mass is 10.1. The lowest BCUT2D eigenvalue weighted by Gasteiger charge is -2.04. The van der Waals surface area contributed by atoms with Gasteiger partial charge in [-0.2, -0.15) is 8.42 Å². The Morgan fingerprint density at radius 2 is 1.75 bits per heavy atom. The van der Waals surface area contributed by atoms with E-state index in [1.807, 2.05) is 30.3 Å². The average Bonchev–Trinajstić information content (AvgIpc) is 2.16. The van der Waals surface area contributed by atoms with Crippen LogP contribution in [0.3, 0.4) is 0 Å². The molecular formula is C10H15ClO4S. The van der Waals surface area contributed by atoms with Crippen molar-refractivity contribution in [2.45, 2.75) is 11.8 Å². The Labute approximate surface area is 101 Å². The Bertz CT molecular complexity index is 369. The van der Waals surface area contributed by atoms with Gasteiger partial charge in [0.25, 0.3) is 10.1 Å². The summed E-state index contributed by atoms with van der Waals surface area (Å²) in [4.78, 5) is 0. The Morgan fingerprint density at radius 3 is 2.12 bits per heavy atom. The van der Waals surface area contributed by atoms with E-state index in [0.29, 0.717) is 6.26 Å². The highest BCUT2D eigenvalue weighted by Crippen LogP contribution is 2.06. The van der Waals surface area contributed by atoms with Crippen LogP contribution in [0, 0.1) is 0 Å². The Hall–Kier alpha value is -0.620. The van der Waals surface area contributed by atoms with Gasteiger partial charge in [0.1, 0.15) is 0 Å². The summed E-state index contributed by atoms with van der Waals surface area (Å²) >= 11 is 5.75. The largest absolute Gasteiger partial charge is 0.395 e. The first kappa shape index (κ1) is 15.4. The fourth-order valence-corrected chi connectivity index (χ4v) is 1.11. The number of rotatable bonds is 3. The van der Waals surface area contributed by atoms with Crippen molar-refractivity contribution >= 4 is 21.7 Å². The molecule has 0 saturated carbocycles. The molecule has 1 rings (SSSR count). The van der Waals surface area contributed by atoms with E-state index in [0.717, 1.165) is 6.42 Å². The summed E-state index contributed by atoms with van der Waals surface area (Å²) in [6.07, 6.45) is 1.45. The first-order valence-electron chi connectivity index (χ1n) is 4.54. The highest BCUT2D eigenvalue weighted by Gasteiger charge is 2.02. The quantitative estimate of drug-likeness (QED) is 0.639. The minimum atomic E-state index is -3.67. The van der Waals surface area contributed by atoms with Gasteiger partial charge >= 0.3 is 0 Å². The molecule has 0 saturated heterocycles. The van der Waals surface area contributed by atoms with Crippen LogP contribution < -0.4 is 0 Å². The van der Waals surface area contributed by atoms with Gasteiger partial charge in [-0.1, -0.05) is 30.3 Å². The molecule has 0 heterocycles. The van der Waals surface area contributed by atoms with E-state index < -0.39 is 10.1 Å². The molecule has 0 aliphatic heterocycles. The molecule has 0 aromatic heterocycles. The number of hydrogen-bond acceptors (Lipinski definition) is 3. The van der Waals surface area contributed by atoms with Crippen molar-refractivity contribution in [2.75, 3.05) is 12.9 Å². The van der Waals surface area contributed by atoms with Crippen molar-refractivity contribution in [1.82, 2.24) is 0 Å². The molecule has 4 nitrogen and oxygen atoms in total. The monoisotopic (exact) mass is 266 g/mol. The second kappa shape index (κ2) is 7.62. The van der Waals surface area contributed by atoms with Gasteiger partial charge in [0.15, 0.2) is 0 Å². The van der Waals surface area contributed by atoms with Crippen LogP contribution in [0.4, 0.5) is 0 Å². The van der Waals surface area contributed by atoms with Crippen molar-refractivity contribution in [2.24, 2.45) is 0 Å². The Balaban J connectivity index is 0.000000385. The minimum absolute atomic E-state index is 0.0381. The Morgan fingerprint density at radius 1 is 1.31 bits per heavy atom. The normalized spacial score (nSPS) is 12.5. The maximum absolute atomic E-state index is 9.19. The Kier molecular flexibility index (Phi) is 7.33. The number of aliphatic hydroxyl groups excluding tert-OH is 1. The van der Waals surface area contributed by atoms with Crippen LogP contribution in [0.2, 0.25) is 0 Å². The van der Waals surface area contributed by atoms with Crippen LogP contribution in [0.15, 0.2) is 30.3 Å². The van der Waals surface area contributed by atoms with E-state index in [4.69, 9.17) is 21.3 Å². The average molecular weight is 267 g/mol. The summed E-state index contributed by atoms with van der Waals surface area (Å²) in [5.74, 6) is 0. The lowest BCUT2D eigenvalue weighted by Crippen LogP contribution is -2.07. The topological polar surface area (TPSA) is 74.6 Å². The molecule has 0 fully saturated rings. The molecule has 1 aromatic rings. The second-order valence-electron chi connectivity index (χ2n) is 3.20. The van der Waals surface area contributed by atoms with Crippen LogP contribution >= 0.6 is 11.6 Å². The lowest BCUT2D eigenvalue weighted by molar-refractivity contribution is 0.292. The van der Waals surface area contributed by atoms with Crippen molar-refractivity contribution in [3.63, 3.8) is 0 Å². The highest BCUT2D eigenvalue weighted by atomic mass is 35.5. The van der Waals surface area contributed by atoms with Crippen molar-refractivity contribution in [1.29, 1.82) is 0 Å². The van der Waals surface area contributed by atoms with E-state index in [-0.39, 0.29) is 12.0 Å². The second-order valence-corrected chi connectivity index (χ2v) is 5.29. The molecule has 0 bridgehead atoms. The summed E-state index contributed by atoms with van der Waals surface area (Å²) in [6.45, 7) is 0.0381. The van der Waals surface area contributed by atoms with Crippen LogP contribution in [-0.2, 0) is 16.5 Å². The molecule has 1 unspecified atom stereocenters. The van der Waals surface area contributed by atoms with Crippen LogP contribution in [0.1, 0.15) is 5.56 Å². The zero-order chi connectivity index (χ0) is 12.6. The fraction of sp³-hybridized carbons (Fsp3) is 0.400. The molecule has 6 heteroatoms. The number of hydrogen-bond donors (Lipinski definition) is 2. The number of halogens is 1. The summed E-state index contributed by atoms with van der Waals surface area (Å²) in [7, 11) is -3.67. The van der Waals surface area contributed by atoms with Gasteiger partial charge in [-0.05, 0) is 12.0 Å². The van der Waals surface area contributed by atoms with Gasteiger partial charge in [0, 0.05) is 0 Å². The third-order valence-electron chi connectivity index (χ3n) is 1.50. The van der Waals surface area contributed by atoms with Gasteiger partial charge < -0.3 is 5.11 Å². The van der Waals surface area contributed by atoms with E-state index in [2.05, 4.69) is 0 Å². The van der Waals surface area contributed by atoms with E-state index in [9.17, 15) is 8.42 Å². The van der Waals surface area contributed by atoms with Crippen molar-refractivity contribution in [3.05, 3.63) is 35.9 Å². The molecule has 0 spiro atoms. The minimum Gasteiger partial charge on any atom is -0.395 e. The van der Waals surface area contributed by atoms with Crippen LogP contribution in [0.5, 0.6) is 0 Å². The van der Waals surface area contributed by atoms with Gasteiger partial charge in [-0.25, -0.2) is 0 Å². The van der Waals surface area contributed by atoms with Crippen molar-refractivity contribution < 1.29 is 18.1 Å². The van der Waals surface area contributed by atoms with Gasteiger partial charge in [-0.15, -0.1) is 11.6 Å². The maximum atomic E-state index is 9.19. The molecule has 0 aliphatic carbocycles. The highest BCUT2D eigenvalue weighted by molar-refractivity contribution is 7.85. The number of benzene rings is 1. The predicted molar refractivity (Wildman–Crippen MR) is 64.3 cm³/mol. The van der Waals surface area contributed by atoms with Crippen LogP contribution in [-0.4, -0.2) is 36.3 Å². The molecular weight excluding hydrogens is 252 g/mol. The number of alkyl halides is 1. The molecule has 92 valence electrons. The standard InChI is InChI=1S/C9H11ClO.CH4O3S/c10-9(7-11)6-8-4-2-1-3-5-8;1-5(2,3)4/h1-5,9,11H,6-7H2;1H3,(H,2,3,4). The van der Waals surface area contributed by atoms with Gasteiger partial charge in [0.05, 0.1) is 18.2 Å². The molecule has 16 heavy (non-hydrogen) atoms. The summed E-state index contributed by atoms with van der Waals surface area (Å²) in [5.41, 5.74) is 1.17. The van der Waals surface area contributed by atoms with Gasteiger partial charge in [0.2, 0.25) is 0 Å². The third-order valence-corrected chi connectivity index (χ3v) is 1.79. The molecule has 0 aliphatic rings. The maximum Gasteiger partial charge on any atom is 0.261 e. The molecule has 1 atom stereocenters. The van der Waals surface area contributed by atoms with Crippen LogP contribution in [0.25, 0.3) is 0 Å². The molecule has 0 amide bonds.